The van der Waals surface area contributed by atoms with E-state index in [1.54, 1.807) is 41.0 Å². The van der Waals surface area contributed by atoms with Crippen LogP contribution in [0.4, 0.5) is 10.1 Å². The van der Waals surface area contributed by atoms with Crippen molar-refractivity contribution in [2.45, 2.75) is 37.8 Å². The summed E-state index contributed by atoms with van der Waals surface area (Å²) >= 11 is 1.29. The third kappa shape index (κ3) is 6.24. The van der Waals surface area contributed by atoms with E-state index in [1.807, 2.05) is 7.05 Å². The molecular formula is C23H25FN4O2S. The number of ketones is 1. The Morgan fingerprint density at radius 1 is 1.03 bits per heavy atom. The Morgan fingerprint density at radius 3 is 2.42 bits per heavy atom. The maximum atomic E-state index is 13.1. The fraction of sp³-hybridized carbons (Fsp3) is 0.304. The number of unbranched alkanes of at least 4 members (excludes halogenated alkanes) is 2. The van der Waals surface area contributed by atoms with E-state index in [0.29, 0.717) is 28.7 Å². The molecule has 0 saturated heterocycles. The predicted octanol–water partition coefficient (Wildman–Crippen LogP) is 5.12. The van der Waals surface area contributed by atoms with Crippen LogP contribution in [0.2, 0.25) is 0 Å². The zero-order chi connectivity index (χ0) is 22.2. The fourth-order valence-corrected chi connectivity index (χ4v) is 3.81. The summed E-state index contributed by atoms with van der Waals surface area (Å²) in [5.74, 6) is 0.444. The molecule has 0 bridgehead atoms. The summed E-state index contributed by atoms with van der Waals surface area (Å²) in [5, 5.41) is 11.7. The molecule has 0 saturated carbocycles. The maximum absolute atomic E-state index is 13.1. The standard InChI is InChI=1S/C23H25FN4O2S/c1-3-4-5-6-21(30)25-19-13-9-16(10-14-19)20(29)15-31-23-27-26-22(28(23)2)17-7-11-18(24)12-8-17/h7-14H,3-6,15H2,1-2H3,(H,25,30). The summed E-state index contributed by atoms with van der Waals surface area (Å²) in [5.41, 5.74) is 2.00. The molecule has 2 aromatic carbocycles. The van der Waals surface area contributed by atoms with Gasteiger partial charge in [-0.3, -0.25) is 9.59 Å². The molecule has 6 nitrogen and oxygen atoms in total. The Labute approximate surface area is 185 Å². The summed E-state index contributed by atoms with van der Waals surface area (Å²) in [6.07, 6.45) is 3.49. The zero-order valence-electron chi connectivity index (χ0n) is 17.6. The molecule has 1 amide bonds. The molecule has 0 aliphatic heterocycles. The van der Waals surface area contributed by atoms with E-state index in [4.69, 9.17) is 0 Å². The van der Waals surface area contributed by atoms with Crippen molar-refractivity contribution in [2.24, 2.45) is 7.05 Å². The first-order valence-electron chi connectivity index (χ1n) is 10.2. The van der Waals surface area contributed by atoms with Gasteiger partial charge in [-0.2, -0.15) is 0 Å². The molecular weight excluding hydrogens is 415 g/mol. The van der Waals surface area contributed by atoms with E-state index in [-0.39, 0.29) is 23.3 Å². The van der Waals surface area contributed by atoms with Crippen LogP contribution < -0.4 is 5.32 Å². The van der Waals surface area contributed by atoms with Gasteiger partial charge in [0, 0.05) is 30.3 Å². The van der Waals surface area contributed by atoms with Crippen molar-refractivity contribution in [1.29, 1.82) is 0 Å². The van der Waals surface area contributed by atoms with Crippen LogP contribution in [0.1, 0.15) is 43.0 Å². The Bertz CT molecular complexity index is 1030. The highest BCUT2D eigenvalue weighted by molar-refractivity contribution is 7.99. The predicted molar refractivity (Wildman–Crippen MR) is 121 cm³/mol. The SMILES string of the molecule is CCCCCC(=O)Nc1ccc(C(=O)CSc2nnc(-c3ccc(F)cc3)n2C)cc1. The molecule has 0 unspecified atom stereocenters. The minimum absolute atomic E-state index is 0.0117. The number of aromatic nitrogens is 3. The number of benzene rings is 2. The molecule has 0 radical (unpaired) electrons. The molecule has 0 spiro atoms. The molecule has 3 rings (SSSR count). The van der Waals surface area contributed by atoms with Crippen LogP contribution in [0.5, 0.6) is 0 Å². The Balaban J connectivity index is 1.55. The normalized spacial score (nSPS) is 10.8. The van der Waals surface area contributed by atoms with Crippen LogP contribution in [0.15, 0.2) is 53.7 Å². The molecule has 3 aromatic rings. The fourth-order valence-electron chi connectivity index (χ4n) is 3.00. The van der Waals surface area contributed by atoms with Crippen molar-refractivity contribution in [3.8, 4) is 11.4 Å². The van der Waals surface area contributed by atoms with Gasteiger partial charge in [0.1, 0.15) is 5.82 Å². The van der Waals surface area contributed by atoms with E-state index >= 15 is 0 Å². The molecule has 0 aliphatic carbocycles. The van der Waals surface area contributed by atoms with Crippen LogP contribution in [-0.4, -0.2) is 32.2 Å². The minimum atomic E-state index is -0.312. The van der Waals surface area contributed by atoms with Crippen LogP contribution in [-0.2, 0) is 11.8 Å². The van der Waals surface area contributed by atoms with E-state index in [2.05, 4.69) is 22.4 Å². The van der Waals surface area contributed by atoms with Crippen molar-refractivity contribution in [3.63, 3.8) is 0 Å². The van der Waals surface area contributed by atoms with Crippen LogP contribution in [0.25, 0.3) is 11.4 Å². The smallest absolute Gasteiger partial charge is 0.224 e. The number of nitrogens with zero attached hydrogens (tertiary/aromatic N) is 3. The summed E-state index contributed by atoms with van der Waals surface area (Å²) in [4.78, 5) is 24.4. The van der Waals surface area contributed by atoms with Gasteiger partial charge in [-0.15, -0.1) is 10.2 Å². The summed E-state index contributed by atoms with van der Waals surface area (Å²) in [6.45, 7) is 2.10. The Morgan fingerprint density at radius 2 is 1.74 bits per heavy atom. The number of hydrogen-bond acceptors (Lipinski definition) is 5. The largest absolute Gasteiger partial charge is 0.326 e. The van der Waals surface area contributed by atoms with Gasteiger partial charge in [0.05, 0.1) is 5.75 Å². The topological polar surface area (TPSA) is 76.9 Å². The Hall–Kier alpha value is -3.00. The van der Waals surface area contributed by atoms with E-state index in [0.717, 1.165) is 24.8 Å². The zero-order valence-corrected chi connectivity index (χ0v) is 18.4. The quantitative estimate of drug-likeness (QED) is 0.269. The van der Waals surface area contributed by atoms with Gasteiger partial charge >= 0.3 is 0 Å². The average molecular weight is 441 g/mol. The second kappa shape index (κ2) is 10.9. The van der Waals surface area contributed by atoms with Crippen molar-refractivity contribution < 1.29 is 14.0 Å². The number of rotatable bonds is 10. The monoisotopic (exact) mass is 440 g/mol. The molecule has 0 aliphatic rings. The van der Waals surface area contributed by atoms with Crippen LogP contribution in [0, 0.1) is 5.82 Å². The molecule has 1 N–H and O–H groups in total. The van der Waals surface area contributed by atoms with Crippen LogP contribution >= 0.6 is 11.8 Å². The molecule has 31 heavy (non-hydrogen) atoms. The highest BCUT2D eigenvalue weighted by Crippen LogP contribution is 2.23. The number of thioether (sulfide) groups is 1. The Kier molecular flexibility index (Phi) is 7.94. The van der Waals surface area contributed by atoms with Crippen molar-refractivity contribution >= 4 is 29.1 Å². The third-order valence-corrected chi connectivity index (χ3v) is 5.79. The molecule has 1 heterocycles. The summed E-state index contributed by atoms with van der Waals surface area (Å²) in [6, 6.07) is 12.9. The number of hydrogen-bond donors (Lipinski definition) is 1. The molecule has 8 heteroatoms. The van der Waals surface area contributed by atoms with Gasteiger partial charge in [0.25, 0.3) is 0 Å². The van der Waals surface area contributed by atoms with Gasteiger partial charge < -0.3 is 9.88 Å². The van der Waals surface area contributed by atoms with Crippen molar-refractivity contribution in [1.82, 2.24) is 14.8 Å². The number of Topliss-reactive ketones (excluding diaryl/α,β-unsaturated/α-hetero) is 1. The minimum Gasteiger partial charge on any atom is -0.326 e. The average Bonchev–Trinajstić information content (AvgIpc) is 3.13. The van der Waals surface area contributed by atoms with E-state index < -0.39 is 0 Å². The lowest BCUT2D eigenvalue weighted by Gasteiger charge is -2.07. The molecule has 0 atom stereocenters. The summed E-state index contributed by atoms with van der Waals surface area (Å²) < 4.78 is 14.9. The van der Waals surface area contributed by atoms with Crippen molar-refractivity contribution in [3.05, 3.63) is 59.9 Å². The van der Waals surface area contributed by atoms with Gasteiger partial charge in [-0.25, -0.2) is 4.39 Å². The molecule has 162 valence electrons. The molecule has 1 aromatic heterocycles. The van der Waals surface area contributed by atoms with Gasteiger partial charge in [-0.05, 0) is 55.0 Å². The lowest BCUT2D eigenvalue weighted by Crippen LogP contribution is -2.11. The third-order valence-electron chi connectivity index (χ3n) is 4.77. The summed E-state index contributed by atoms with van der Waals surface area (Å²) in [7, 11) is 1.81. The second-order valence-corrected chi connectivity index (χ2v) is 8.11. The number of halogens is 1. The first-order valence-corrected chi connectivity index (χ1v) is 11.2. The number of carbonyl (C=O) groups excluding carboxylic acids is 2. The van der Waals surface area contributed by atoms with Gasteiger partial charge in [-0.1, -0.05) is 31.5 Å². The number of amides is 1. The van der Waals surface area contributed by atoms with Gasteiger partial charge in [0.2, 0.25) is 5.91 Å². The number of nitrogens with one attached hydrogen (secondary N) is 1. The molecule has 0 fully saturated rings. The van der Waals surface area contributed by atoms with E-state index in [1.165, 1.54) is 23.9 Å². The highest BCUT2D eigenvalue weighted by atomic mass is 32.2. The van der Waals surface area contributed by atoms with E-state index in [9.17, 15) is 14.0 Å². The maximum Gasteiger partial charge on any atom is 0.224 e. The van der Waals surface area contributed by atoms with Crippen LogP contribution in [0.3, 0.4) is 0 Å². The first kappa shape index (κ1) is 22.7. The highest BCUT2D eigenvalue weighted by Gasteiger charge is 2.14. The second-order valence-electron chi connectivity index (χ2n) is 7.17. The number of carbonyl (C=O) groups is 2. The first-order chi connectivity index (χ1) is 15.0. The number of anilines is 1. The van der Waals surface area contributed by atoms with Crippen molar-refractivity contribution in [2.75, 3.05) is 11.1 Å². The lowest BCUT2D eigenvalue weighted by molar-refractivity contribution is -0.116. The lowest BCUT2D eigenvalue weighted by atomic mass is 10.1. The van der Waals surface area contributed by atoms with Gasteiger partial charge in [0.15, 0.2) is 16.8 Å².